The summed E-state index contributed by atoms with van der Waals surface area (Å²) in [6, 6.07) is 16.1. The molecule has 2 aromatic carbocycles. The third-order valence-corrected chi connectivity index (χ3v) is 6.24. The van der Waals surface area contributed by atoms with Crippen molar-refractivity contribution in [2.24, 2.45) is 0 Å². The van der Waals surface area contributed by atoms with Gasteiger partial charge >= 0.3 is 0 Å². The van der Waals surface area contributed by atoms with E-state index in [-0.39, 0.29) is 11.8 Å². The fourth-order valence-corrected chi connectivity index (χ4v) is 4.78. The second-order valence-corrected chi connectivity index (χ2v) is 8.84. The van der Waals surface area contributed by atoms with Crippen LogP contribution >= 0.6 is 23.4 Å². The van der Waals surface area contributed by atoms with Crippen molar-refractivity contribution in [2.75, 3.05) is 31.9 Å². The van der Waals surface area contributed by atoms with E-state index < -0.39 is 0 Å². The molecule has 4 nitrogen and oxygen atoms in total. The van der Waals surface area contributed by atoms with E-state index >= 15 is 0 Å². The van der Waals surface area contributed by atoms with E-state index in [1.54, 1.807) is 0 Å². The Morgan fingerprint density at radius 2 is 1.62 bits per heavy atom. The molecule has 0 radical (unpaired) electrons. The molecule has 1 fully saturated rings. The number of thioether (sulfide) groups is 1. The predicted molar refractivity (Wildman–Crippen MR) is 119 cm³/mol. The van der Waals surface area contributed by atoms with Crippen LogP contribution in [0, 0.1) is 6.92 Å². The molecule has 1 saturated heterocycles. The lowest BCUT2D eigenvalue weighted by molar-refractivity contribution is -0.138. The van der Waals surface area contributed by atoms with E-state index in [1.807, 2.05) is 53.1 Å². The van der Waals surface area contributed by atoms with Gasteiger partial charge in [0, 0.05) is 42.5 Å². The largest absolute Gasteiger partial charge is 0.339 e. The first-order valence-corrected chi connectivity index (χ1v) is 11.4. The number of carbonyl (C=O) groups excluding carboxylic acids is 2. The first kappa shape index (κ1) is 21.7. The number of rotatable bonds is 7. The summed E-state index contributed by atoms with van der Waals surface area (Å²) in [5, 5.41) is 0.694. The Labute approximate surface area is 182 Å². The van der Waals surface area contributed by atoms with E-state index in [9.17, 15) is 9.59 Å². The van der Waals surface area contributed by atoms with Gasteiger partial charge in [0.2, 0.25) is 11.8 Å². The number of hydrogen-bond acceptors (Lipinski definition) is 3. The number of amides is 2. The molecule has 1 aliphatic heterocycles. The Hall–Kier alpha value is -1.98. The van der Waals surface area contributed by atoms with Crippen LogP contribution < -0.4 is 0 Å². The van der Waals surface area contributed by atoms with Crippen LogP contribution in [0.1, 0.15) is 24.0 Å². The highest BCUT2D eigenvalue weighted by Crippen LogP contribution is 2.24. The maximum absolute atomic E-state index is 12.5. The molecular weight excluding hydrogens is 404 g/mol. The van der Waals surface area contributed by atoms with Crippen LogP contribution in [0.3, 0.4) is 0 Å². The zero-order valence-corrected chi connectivity index (χ0v) is 18.3. The molecule has 3 rings (SSSR count). The van der Waals surface area contributed by atoms with Crippen molar-refractivity contribution in [3.8, 4) is 0 Å². The van der Waals surface area contributed by atoms with Gasteiger partial charge in [-0.2, -0.15) is 0 Å². The average Bonchev–Trinajstić information content (AvgIpc) is 2.72. The van der Waals surface area contributed by atoms with Crippen LogP contribution in [0.15, 0.2) is 53.4 Å². The third kappa shape index (κ3) is 6.79. The van der Waals surface area contributed by atoms with E-state index in [0.29, 0.717) is 43.4 Å². The van der Waals surface area contributed by atoms with Gasteiger partial charge in [0.05, 0.1) is 5.75 Å². The maximum Gasteiger partial charge on any atom is 0.233 e. The summed E-state index contributed by atoms with van der Waals surface area (Å²) in [5.74, 6) is 0.700. The highest BCUT2D eigenvalue weighted by molar-refractivity contribution is 8.00. The SMILES string of the molecule is Cc1cc(Cl)cc(SCC(=O)N2CCN(C(=O)CCCc3ccccc3)CC2)c1. The summed E-state index contributed by atoms with van der Waals surface area (Å²) >= 11 is 7.60. The van der Waals surface area contributed by atoms with Gasteiger partial charge in [-0.1, -0.05) is 41.9 Å². The van der Waals surface area contributed by atoms with E-state index in [2.05, 4.69) is 12.1 Å². The summed E-state index contributed by atoms with van der Waals surface area (Å²) in [6.45, 7) is 4.46. The van der Waals surface area contributed by atoms with Gasteiger partial charge in [-0.25, -0.2) is 0 Å². The van der Waals surface area contributed by atoms with Crippen molar-refractivity contribution in [2.45, 2.75) is 31.1 Å². The van der Waals surface area contributed by atoms with Gasteiger partial charge in [0.25, 0.3) is 0 Å². The molecule has 154 valence electrons. The van der Waals surface area contributed by atoms with Crippen LogP contribution in [-0.4, -0.2) is 53.5 Å². The minimum absolute atomic E-state index is 0.115. The summed E-state index contributed by atoms with van der Waals surface area (Å²) in [5.41, 5.74) is 2.36. The fourth-order valence-electron chi connectivity index (χ4n) is 3.47. The van der Waals surface area contributed by atoms with Gasteiger partial charge < -0.3 is 9.80 Å². The average molecular weight is 431 g/mol. The van der Waals surface area contributed by atoms with Crippen LogP contribution in [0.25, 0.3) is 0 Å². The quantitative estimate of drug-likeness (QED) is 0.610. The molecule has 0 bridgehead atoms. The second kappa shape index (κ2) is 10.7. The topological polar surface area (TPSA) is 40.6 Å². The maximum atomic E-state index is 12.5. The second-order valence-electron chi connectivity index (χ2n) is 7.35. The van der Waals surface area contributed by atoms with Gasteiger partial charge in [-0.05, 0) is 49.1 Å². The standard InChI is InChI=1S/C23H27ClN2O2S/c1-18-14-20(24)16-21(15-18)29-17-23(28)26-12-10-25(11-13-26)22(27)9-5-8-19-6-3-2-4-7-19/h2-4,6-7,14-16H,5,8-13,17H2,1H3. The molecule has 6 heteroatoms. The number of piperazine rings is 1. The third-order valence-electron chi connectivity index (χ3n) is 5.06. The Morgan fingerprint density at radius 3 is 2.28 bits per heavy atom. The molecule has 2 amide bonds. The zero-order valence-electron chi connectivity index (χ0n) is 16.8. The molecule has 0 unspecified atom stereocenters. The predicted octanol–water partition coefficient (Wildman–Crippen LogP) is 4.43. The first-order chi connectivity index (χ1) is 14.0. The van der Waals surface area contributed by atoms with E-state index in [1.165, 1.54) is 17.3 Å². The minimum Gasteiger partial charge on any atom is -0.339 e. The minimum atomic E-state index is 0.115. The fraction of sp³-hybridized carbons (Fsp3) is 0.391. The summed E-state index contributed by atoms with van der Waals surface area (Å²) < 4.78 is 0. The summed E-state index contributed by atoms with van der Waals surface area (Å²) in [4.78, 5) is 29.7. The molecular formula is C23H27ClN2O2S. The van der Waals surface area contributed by atoms with Crippen molar-refractivity contribution in [1.82, 2.24) is 9.80 Å². The first-order valence-electron chi connectivity index (χ1n) is 10.0. The molecule has 0 atom stereocenters. The zero-order chi connectivity index (χ0) is 20.6. The monoisotopic (exact) mass is 430 g/mol. The molecule has 0 N–H and O–H groups in total. The van der Waals surface area contributed by atoms with Crippen molar-refractivity contribution in [1.29, 1.82) is 0 Å². The van der Waals surface area contributed by atoms with Crippen molar-refractivity contribution in [3.05, 3.63) is 64.7 Å². The lowest BCUT2D eigenvalue weighted by atomic mass is 10.1. The Morgan fingerprint density at radius 1 is 0.966 bits per heavy atom. The highest BCUT2D eigenvalue weighted by Gasteiger charge is 2.23. The molecule has 2 aromatic rings. The molecule has 0 aromatic heterocycles. The van der Waals surface area contributed by atoms with Crippen molar-refractivity contribution < 1.29 is 9.59 Å². The summed E-state index contributed by atoms with van der Waals surface area (Å²) in [6.07, 6.45) is 2.34. The van der Waals surface area contributed by atoms with E-state index in [0.717, 1.165) is 23.3 Å². The number of carbonyl (C=O) groups is 2. The molecule has 0 spiro atoms. The van der Waals surface area contributed by atoms with Gasteiger partial charge in [0.15, 0.2) is 0 Å². The number of benzene rings is 2. The molecule has 0 saturated carbocycles. The number of aryl methyl sites for hydroxylation is 2. The van der Waals surface area contributed by atoms with E-state index in [4.69, 9.17) is 11.6 Å². The Bertz CT molecular complexity index is 816. The lowest BCUT2D eigenvalue weighted by Gasteiger charge is -2.35. The smallest absolute Gasteiger partial charge is 0.233 e. The molecule has 0 aliphatic carbocycles. The van der Waals surface area contributed by atoms with Gasteiger partial charge in [-0.3, -0.25) is 9.59 Å². The van der Waals surface area contributed by atoms with Crippen molar-refractivity contribution in [3.63, 3.8) is 0 Å². The van der Waals surface area contributed by atoms with Crippen LogP contribution in [0.2, 0.25) is 5.02 Å². The highest BCUT2D eigenvalue weighted by atomic mass is 35.5. The van der Waals surface area contributed by atoms with Crippen LogP contribution in [-0.2, 0) is 16.0 Å². The Balaban J connectivity index is 1.37. The lowest BCUT2D eigenvalue weighted by Crippen LogP contribution is -2.51. The van der Waals surface area contributed by atoms with Gasteiger partial charge in [0.1, 0.15) is 0 Å². The number of halogens is 1. The number of hydrogen-bond donors (Lipinski definition) is 0. The normalized spacial score (nSPS) is 14.1. The number of nitrogens with zero attached hydrogens (tertiary/aromatic N) is 2. The summed E-state index contributed by atoms with van der Waals surface area (Å²) in [7, 11) is 0. The van der Waals surface area contributed by atoms with Crippen LogP contribution in [0.5, 0.6) is 0 Å². The Kier molecular flexibility index (Phi) is 8.01. The molecule has 1 heterocycles. The van der Waals surface area contributed by atoms with Gasteiger partial charge in [-0.15, -0.1) is 11.8 Å². The molecule has 1 aliphatic rings. The molecule has 29 heavy (non-hydrogen) atoms. The van der Waals surface area contributed by atoms with Crippen LogP contribution in [0.4, 0.5) is 0 Å². The van der Waals surface area contributed by atoms with Crippen molar-refractivity contribution >= 4 is 35.2 Å².